The smallest absolute Gasteiger partial charge is 0.297 e. The molecule has 1 N–H and O–H groups in total. The van der Waals surface area contributed by atoms with Crippen LogP contribution in [0.4, 0.5) is 11.4 Å². The molecule has 0 bridgehead atoms. The fourth-order valence-electron chi connectivity index (χ4n) is 1.17. The zero-order valence-electron chi connectivity index (χ0n) is 7.60. The molecule has 1 rings (SSSR count). The van der Waals surface area contributed by atoms with Crippen molar-refractivity contribution in [3.63, 3.8) is 0 Å². The molecule has 0 aliphatic carbocycles. The third-order valence-electron chi connectivity index (χ3n) is 1.88. The van der Waals surface area contributed by atoms with E-state index < -0.39 is 0 Å². The average molecular weight is 371 g/mol. The minimum absolute atomic E-state index is 0.131. The Balaban J connectivity index is 3.56. The predicted molar refractivity (Wildman–Crippen MR) is 67.8 cm³/mol. The van der Waals surface area contributed by atoms with Gasteiger partial charge in [0.2, 0.25) is 0 Å². The van der Waals surface area contributed by atoms with Gasteiger partial charge in [-0.25, -0.2) is 0 Å². The van der Waals surface area contributed by atoms with Gasteiger partial charge in [-0.3, -0.25) is 10.1 Å². The second kappa shape index (κ2) is 4.43. The summed E-state index contributed by atoms with van der Waals surface area (Å²) in [7, 11) is 1.68. The van der Waals surface area contributed by atoms with Crippen molar-refractivity contribution in [1.82, 2.24) is 0 Å². The van der Waals surface area contributed by atoms with Crippen molar-refractivity contribution < 1.29 is 4.92 Å². The van der Waals surface area contributed by atoms with Gasteiger partial charge in [-0.1, -0.05) is 15.9 Å². The van der Waals surface area contributed by atoms with Crippen LogP contribution in [0, 0.1) is 20.6 Å². The second-order valence-electron chi connectivity index (χ2n) is 2.70. The zero-order valence-corrected chi connectivity index (χ0v) is 11.3. The van der Waals surface area contributed by atoms with Crippen LogP contribution in [0.2, 0.25) is 0 Å². The molecule has 0 saturated carbocycles. The standard InChI is InChI=1S/C8H8BrIN2O2/c1-4-5(9)3-6(10)7(11-2)8(4)12(13)14/h3,11H,1-2H3. The van der Waals surface area contributed by atoms with Gasteiger partial charge in [0, 0.05) is 20.7 Å². The molecular formula is C8H8BrIN2O2. The van der Waals surface area contributed by atoms with Crippen LogP contribution in [-0.4, -0.2) is 12.0 Å². The van der Waals surface area contributed by atoms with E-state index in [0.717, 1.165) is 8.04 Å². The molecule has 0 radical (unpaired) electrons. The number of nitro groups is 1. The highest BCUT2D eigenvalue weighted by molar-refractivity contribution is 14.1. The number of rotatable bonds is 2. The first-order valence-electron chi connectivity index (χ1n) is 3.79. The molecule has 0 aliphatic heterocycles. The Morgan fingerprint density at radius 3 is 2.64 bits per heavy atom. The maximum Gasteiger partial charge on any atom is 0.297 e. The predicted octanol–water partition coefficient (Wildman–Crippen LogP) is 3.31. The molecule has 0 spiro atoms. The molecule has 0 saturated heterocycles. The molecule has 1 aromatic rings. The van der Waals surface area contributed by atoms with E-state index in [-0.39, 0.29) is 10.6 Å². The number of benzene rings is 1. The number of hydrogen-bond donors (Lipinski definition) is 1. The molecule has 0 heterocycles. The SMILES string of the molecule is CNc1c(I)cc(Br)c(C)c1[N+](=O)[O-]. The Hall–Kier alpha value is -0.370. The van der Waals surface area contributed by atoms with E-state index in [0.29, 0.717) is 11.3 Å². The van der Waals surface area contributed by atoms with E-state index in [4.69, 9.17) is 0 Å². The molecule has 0 atom stereocenters. The Morgan fingerprint density at radius 1 is 1.64 bits per heavy atom. The van der Waals surface area contributed by atoms with Crippen LogP contribution in [-0.2, 0) is 0 Å². The summed E-state index contributed by atoms with van der Waals surface area (Å²) in [5.74, 6) is 0. The van der Waals surface area contributed by atoms with Crippen molar-refractivity contribution in [2.75, 3.05) is 12.4 Å². The fourth-order valence-corrected chi connectivity index (χ4v) is 2.85. The molecule has 0 fully saturated rings. The summed E-state index contributed by atoms with van der Waals surface area (Å²) in [5, 5.41) is 13.7. The van der Waals surface area contributed by atoms with Crippen molar-refractivity contribution in [3.8, 4) is 0 Å². The maximum atomic E-state index is 10.8. The molecule has 76 valence electrons. The summed E-state index contributed by atoms with van der Waals surface area (Å²) >= 11 is 5.36. The molecule has 0 aliphatic rings. The first kappa shape index (κ1) is 11.7. The van der Waals surface area contributed by atoms with E-state index in [1.54, 1.807) is 14.0 Å². The van der Waals surface area contributed by atoms with Crippen molar-refractivity contribution in [2.24, 2.45) is 0 Å². The van der Waals surface area contributed by atoms with Crippen LogP contribution in [0.1, 0.15) is 5.56 Å². The minimum Gasteiger partial charge on any atom is -0.382 e. The Kier molecular flexibility index (Phi) is 3.71. The Morgan fingerprint density at radius 2 is 2.21 bits per heavy atom. The highest BCUT2D eigenvalue weighted by Crippen LogP contribution is 2.37. The minimum atomic E-state index is -0.367. The van der Waals surface area contributed by atoms with Gasteiger partial charge in [0.1, 0.15) is 5.69 Å². The van der Waals surface area contributed by atoms with Crippen LogP contribution in [0.3, 0.4) is 0 Å². The van der Waals surface area contributed by atoms with E-state index in [9.17, 15) is 10.1 Å². The number of nitrogens with zero attached hydrogens (tertiary/aromatic N) is 1. The molecule has 1 aromatic carbocycles. The number of anilines is 1. The molecule has 6 heteroatoms. The monoisotopic (exact) mass is 370 g/mol. The first-order chi connectivity index (χ1) is 6.49. The van der Waals surface area contributed by atoms with Gasteiger partial charge < -0.3 is 5.32 Å². The largest absolute Gasteiger partial charge is 0.382 e. The van der Waals surface area contributed by atoms with Gasteiger partial charge in [0.25, 0.3) is 5.69 Å². The number of halogens is 2. The lowest BCUT2D eigenvalue weighted by atomic mass is 10.2. The van der Waals surface area contributed by atoms with Crippen LogP contribution < -0.4 is 5.32 Å². The summed E-state index contributed by atoms with van der Waals surface area (Å²) < 4.78 is 1.59. The van der Waals surface area contributed by atoms with Crippen molar-refractivity contribution in [1.29, 1.82) is 0 Å². The number of nitro benzene ring substituents is 1. The highest BCUT2D eigenvalue weighted by atomic mass is 127. The van der Waals surface area contributed by atoms with E-state index in [1.807, 2.05) is 6.07 Å². The van der Waals surface area contributed by atoms with Gasteiger partial charge >= 0.3 is 0 Å². The molecule has 0 amide bonds. The van der Waals surface area contributed by atoms with Crippen molar-refractivity contribution >= 4 is 49.9 Å². The van der Waals surface area contributed by atoms with Gasteiger partial charge in [-0.15, -0.1) is 0 Å². The summed E-state index contributed by atoms with van der Waals surface area (Å²) in [5.41, 5.74) is 1.34. The third-order valence-corrected chi connectivity index (χ3v) is 3.55. The lowest BCUT2D eigenvalue weighted by molar-refractivity contribution is -0.384. The molecular weight excluding hydrogens is 363 g/mol. The van der Waals surface area contributed by atoms with Crippen LogP contribution in [0.15, 0.2) is 10.5 Å². The molecule has 14 heavy (non-hydrogen) atoms. The third kappa shape index (κ3) is 2.00. The summed E-state index contributed by atoms with van der Waals surface area (Å²) in [6.45, 7) is 1.72. The van der Waals surface area contributed by atoms with Gasteiger partial charge in [0.05, 0.1) is 4.92 Å². The molecule has 0 unspecified atom stereocenters. The quantitative estimate of drug-likeness (QED) is 0.493. The van der Waals surface area contributed by atoms with Gasteiger partial charge in [0.15, 0.2) is 0 Å². The Labute approximate surface area is 103 Å². The van der Waals surface area contributed by atoms with E-state index >= 15 is 0 Å². The average Bonchev–Trinajstić information content (AvgIpc) is 2.10. The number of hydrogen-bond acceptors (Lipinski definition) is 3. The summed E-state index contributed by atoms with van der Waals surface area (Å²) in [4.78, 5) is 10.5. The van der Waals surface area contributed by atoms with E-state index in [1.165, 1.54) is 0 Å². The van der Waals surface area contributed by atoms with Crippen LogP contribution in [0.5, 0.6) is 0 Å². The normalized spacial score (nSPS) is 10.0. The lowest BCUT2D eigenvalue weighted by Crippen LogP contribution is -2.01. The molecule has 4 nitrogen and oxygen atoms in total. The summed E-state index contributed by atoms with van der Waals surface area (Å²) in [6.07, 6.45) is 0. The van der Waals surface area contributed by atoms with Crippen molar-refractivity contribution in [3.05, 3.63) is 29.8 Å². The zero-order chi connectivity index (χ0) is 10.9. The highest BCUT2D eigenvalue weighted by Gasteiger charge is 2.21. The molecule has 0 aromatic heterocycles. The summed E-state index contributed by atoms with van der Waals surface area (Å²) in [6, 6.07) is 1.86. The Bertz CT molecular complexity index is 395. The van der Waals surface area contributed by atoms with Gasteiger partial charge in [-0.05, 0) is 35.6 Å². The van der Waals surface area contributed by atoms with Gasteiger partial charge in [-0.2, -0.15) is 0 Å². The number of nitrogens with one attached hydrogen (secondary N) is 1. The van der Waals surface area contributed by atoms with Crippen LogP contribution in [0.25, 0.3) is 0 Å². The maximum absolute atomic E-state index is 10.8. The van der Waals surface area contributed by atoms with Crippen molar-refractivity contribution in [2.45, 2.75) is 6.92 Å². The van der Waals surface area contributed by atoms with Crippen LogP contribution >= 0.6 is 38.5 Å². The van der Waals surface area contributed by atoms with E-state index in [2.05, 4.69) is 43.8 Å². The lowest BCUT2D eigenvalue weighted by Gasteiger charge is -2.08. The second-order valence-corrected chi connectivity index (χ2v) is 4.71. The fraction of sp³-hybridized carbons (Fsp3) is 0.250. The first-order valence-corrected chi connectivity index (χ1v) is 5.67. The topological polar surface area (TPSA) is 55.2 Å².